The maximum atomic E-state index is 4.66. The highest BCUT2D eigenvalue weighted by Crippen LogP contribution is 2.26. The molecule has 0 aliphatic rings. The van der Waals surface area contributed by atoms with Crippen LogP contribution in [0.5, 0.6) is 0 Å². The molecule has 3 heterocycles. The van der Waals surface area contributed by atoms with Crippen LogP contribution in [0, 0.1) is 0 Å². The summed E-state index contributed by atoms with van der Waals surface area (Å²) < 4.78 is 0. The van der Waals surface area contributed by atoms with Gasteiger partial charge in [-0.05, 0) is 24.3 Å². The van der Waals surface area contributed by atoms with Crippen LogP contribution >= 0.6 is 22.7 Å². The first-order chi connectivity index (χ1) is 10.5. The molecule has 0 saturated heterocycles. The molecule has 0 radical (unpaired) electrons. The Labute approximate surface area is 138 Å². The van der Waals surface area contributed by atoms with Crippen LogP contribution < -0.4 is 0 Å². The summed E-state index contributed by atoms with van der Waals surface area (Å²) in [6.07, 6.45) is 5.82. The lowest BCUT2D eigenvalue weighted by Crippen LogP contribution is -2.11. The van der Waals surface area contributed by atoms with E-state index in [4.69, 9.17) is 0 Å². The molecule has 0 fully saturated rings. The van der Waals surface area contributed by atoms with Crippen LogP contribution in [-0.4, -0.2) is 15.0 Å². The van der Waals surface area contributed by atoms with Crippen molar-refractivity contribution in [2.75, 3.05) is 0 Å². The van der Waals surface area contributed by atoms with Gasteiger partial charge in [-0.3, -0.25) is 4.98 Å². The Bertz CT molecular complexity index is 780. The number of rotatable bonds is 3. The van der Waals surface area contributed by atoms with Gasteiger partial charge in [-0.15, -0.1) is 22.7 Å². The first-order valence-electron chi connectivity index (χ1n) is 7.03. The van der Waals surface area contributed by atoms with Crippen molar-refractivity contribution in [3.63, 3.8) is 0 Å². The number of pyridine rings is 1. The minimum absolute atomic E-state index is 0.0926. The maximum Gasteiger partial charge on any atom is 0.142 e. The third-order valence-corrected chi connectivity index (χ3v) is 4.79. The zero-order chi connectivity index (χ0) is 15.6. The van der Waals surface area contributed by atoms with Crippen molar-refractivity contribution in [2.45, 2.75) is 26.2 Å². The van der Waals surface area contributed by atoms with Gasteiger partial charge < -0.3 is 0 Å². The van der Waals surface area contributed by atoms with E-state index in [1.807, 2.05) is 35.7 Å². The Morgan fingerprint density at radius 2 is 1.86 bits per heavy atom. The van der Waals surface area contributed by atoms with Gasteiger partial charge in [0.2, 0.25) is 0 Å². The summed E-state index contributed by atoms with van der Waals surface area (Å²) in [7, 11) is 0. The minimum atomic E-state index is 0.0926. The molecular weight excluding hydrogens is 310 g/mol. The van der Waals surface area contributed by atoms with Crippen molar-refractivity contribution >= 4 is 34.8 Å². The third kappa shape index (κ3) is 3.48. The summed E-state index contributed by atoms with van der Waals surface area (Å²) in [5, 5.41) is 6.12. The van der Waals surface area contributed by atoms with Crippen LogP contribution in [-0.2, 0) is 5.41 Å². The third-order valence-electron chi connectivity index (χ3n) is 3.09. The number of nitrogens with zero attached hydrogens (tertiary/aromatic N) is 3. The average molecular weight is 327 g/mol. The van der Waals surface area contributed by atoms with Crippen molar-refractivity contribution in [3.8, 4) is 10.7 Å². The summed E-state index contributed by atoms with van der Waals surface area (Å²) in [5.41, 5.74) is 3.08. The molecule has 0 aromatic carbocycles. The number of aromatic nitrogens is 3. The maximum absolute atomic E-state index is 4.66. The lowest BCUT2D eigenvalue weighted by molar-refractivity contribution is 0.573. The summed E-state index contributed by atoms with van der Waals surface area (Å²) in [5.74, 6) is 0. The Kier molecular flexibility index (Phi) is 4.18. The molecule has 3 rings (SSSR count). The van der Waals surface area contributed by atoms with Gasteiger partial charge in [0.05, 0.1) is 17.1 Å². The highest BCUT2D eigenvalue weighted by molar-refractivity contribution is 7.13. The van der Waals surface area contributed by atoms with E-state index in [0.717, 1.165) is 27.1 Å². The second-order valence-electron chi connectivity index (χ2n) is 5.95. The molecule has 0 unspecified atom stereocenters. The van der Waals surface area contributed by atoms with Crippen molar-refractivity contribution in [2.24, 2.45) is 0 Å². The first-order valence-corrected chi connectivity index (χ1v) is 8.79. The van der Waals surface area contributed by atoms with Crippen LogP contribution in [0.25, 0.3) is 22.9 Å². The molecule has 0 bridgehead atoms. The van der Waals surface area contributed by atoms with E-state index in [9.17, 15) is 0 Å². The van der Waals surface area contributed by atoms with Gasteiger partial charge in [0.1, 0.15) is 10.0 Å². The van der Waals surface area contributed by atoms with Crippen molar-refractivity contribution in [1.82, 2.24) is 15.0 Å². The number of hydrogen-bond acceptors (Lipinski definition) is 5. The normalized spacial score (nSPS) is 12.1. The monoisotopic (exact) mass is 327 g/mol. The predicted octanol–water partition coefficient (Wildman–Crippen LogP) is 5.13. The summed E-state index contributed by atoms with van der Waals surface area (Å²) in [6, 6.07) is 5.86. The molecule has 3 aromatic heterocycles. The Morgan fingerprint density at radius 3 is 2.55 bits per heavy atom. The van der Waals surface area contributed by atoms with E-state index < -0.39 is 0 Å². The predicted molar refractivity (Wildman–Crippen MR) is 95.1 cm³/mol. The van der Waals surface area contributed by atoms with E-state index in [1.54, 1.807) is 28.9 Å². The lowest BCUT2D eigenvalue weighted by Gasteiger charge is -2.13. The quantitative estimate of drug-likeness (QED) is 0.669. The van der Waals surface area contributed by atoms with Gasteiger partial charge in [-0.1, -0.05) is 26.8 Å². The van der Waals surface area contributed by atoms with Gasteiger partial charge in [0, 0.05) is 22.4 Å². The molecule has 0 aliphatic heterocycles. The van der Waals surface area contributed by atoms with Gasteiger partial charge in [0.15, 0.2) is 0 Å². The number of hydrogen-bond donors (Lipinski definition) is 0. The van der Waals surface area contributed by atoms with Gasteiger partial charge in [-0.2, -0.15) is 0 Å². The zero-order valence-corrected chi connectivity index (χ0v) is 14.4. The van der Waals surface area contributed by atoms with E-state index in [0.29, 0.717) is 0 Å². The molecule has 0 spiro atoms. The van der Waals surface area contributed by atoms with Crippen molar-refractivity contribution < 1.29 is 0 Å². The van der Waals surface area contributed by atoms with Gasteiger partial charge in [0.25, 0.3) is 0 Å². The van der Waals surface area contributed by atoms with Crippen molar-refractivity contribution in [1.29, 1.82) is 0 Å². The molecule has 3 aromatic rings. The highest BCUT2D eigenvalue weighted by atomic mass is 32.1. The summed E-state index contributed by atoms with van der Waals surface area (Å²) >= 11 is 3.27. The fourth-order valence-corrected chi connectivity index (χ4v) is 3.53. The highest BCUT2D eigenvalue weighted by Gasteiger charge is 2.16. The zero-order valence-electron chi connectivity index (χ0n) is 12.8. The first kappa shape index (κ1) is 15.1. The minimum Gasteiger partial charge on any atom is -0.254 e. The summed E-state index contributed by atoms with van der Waals surface area (Å²) in [4.78, 5) is 13.6. The molecular formula is C17H17N3S2. The van der Waals surface area contributed by atoms with E-state index in [1.165, 1.54) is 0 Å². The second kappa shape index (κ2) is 6.10. The molecule has 3 nitrogen and oxygen atoms in total. The van der Waals surface area contributed by atoms with Gasteiger partial charge in [-0.25, -0.2) is 9.97 Å². The average Bonchev–Trinajstić information content (AvgIpc) is 3.15. The molecule has 0 N–H and O–H groups in total. The molecule has 0 aliphatic carbocycles. The van der Waals surface area contributed by atoms with Gasteiger partial charge >= 0.3 is 0 Å². The lowest BCUT2D eigenvalue weighted by atomic mass is 9.93. The van der Waals surface area contributed by atoms with Crippen LogP contribution in [0.3, 0.4) is 0 Å². The Hall–Kier alpha value is -1.85. The van der Waals surface area contributed by atoms with E-state index >= 15 is 0 Å². The van der Waals surface area contributed by atoms with Crippen LogP contribution in [0.1, 0.15) is 37.2 Å². The summed E-state index contributed by atoms with van der Waals surface area (Å²) in [6.45, 7) is 6.53. The fourth-order valence-electron chi connectivity index (χ4n) is 1.83. The molecule has 112 valence electrons. The molecule has 0 amide bonds. The SMILES string of the molecule is CC(C)(C)c1csc(C=Cc2csc(-c3ccccn3)n2)n1. The smallest absolute Gasteiger partial charge is 0.142 e. The number of thiazole rings is 2. The molecule has 22 heavy (non-hydrogen) atoms. The fraction of sp³-hybridized carbons (Fsp3) is 0.235. The molecule has 0 saturated carbocycles. The molecule has 0 atom stereocenters. The van der Waals surface area contributed by atoms with Crippen molar-refractivity contribution in [3.05, 3.63) is 51.6 Å². The van der Waals surface area contributed by atoms with Crippen LogP contribution in [0.4, 0.5) is 0 Å². The molecule has 5 heteroatoms. The van der Waals surface area contributed by atoms with Crippen LogP contribution in [0.2, 0.25) is 0 Å². The standard InChI is InChI=1S/C17H17N3S2/c1-17(2,3)14-11-21-15(20-14)8-7-12-10-22-16(19-12)13-6-4-5-9-18-13/h4-11H,1-3H3. The Morgan fingerprint density at radius 1 is 1.00 bits per heavy atom. The second-order valence-corrected chi connectivity index (χ2v) is 7.69. The topological polar surface area (TPSA) is 38.7 Å². The van der Waals surface area contributed by atoms with E-state index in [-0.39, 0.29) is 5.41 Å². The van der Waals surface area contributed by atoms with Crippen LogP contribution in [0.15, 0.2) is 35.2 Å². The Balaban J connectivity index is 1.76. The largest absolute Gasteiger partial charge is 0.254 e. The van der Waals surface area contributed by atoms with E-state index in [2.05, 4.69) is 41.1 Å².